The van der Waals surface area contributed by atoms with Crippen molar-refractivity contribution >= 4 is 17.3 Å². The number of hydrogen-bond acceptors (Lipinski definition) is 4. The number of nitrogens with two attached hydrogens (primary N) is 1. The minimum absolute atomic E-state index is 0.325. The summed E-state index contributed by atoms with van der Waals surface area (Å²) in [5, 5.41) is 8.80. The minimum Gasteiger partial charge on any atom is -0.423 e. The van der Waals surface area contributed by atoms with Gasteiger partial charge in [-0.25, -0.2) is 4.39 Å². The third-order valence-electron chi connectivity index (χ3n) is 1.99. The van der Waals surface area contributed by atoms with Crippen molar-refractivity contribution in [3.63, 3.8) is 0 Å². The number of alkyl halides is 2. The summed E-state index contributed by atoms with van der Waals surface area (Å²) < 4.78 is 42.6. The molecule has 0 radical (unpaired) electrons. The van der Waals surface area contributed by atoms with Gasteiger partial charge in [0.2, 0.25) is 0 Å². The highest BCUT2D eigenvalue weighted by Crippen LogP contribution is 2.40. The molecule has 16 heavy (non-hydrogen) atoms. The van der Waals surface area contributed by atoms with E-state index in [0.717, 1.165) is 6.07 Å². The van der Waals surface area contributed by atoms with Gasteiger partial charge in [0.05, 0.1) is 5.69 Å². The van der Waals surface area contributed by atoms with E-state index in [1.54, 1.807) is 0 Å². The number of hydrogen-bond donors (Lipinski definition) is 2. The highest BCUT2D eigenvalue weighted by molar-refractivity contribution is 5.99. The molecule has 0 saturated carbocycles. The molecule has 1 aliphatic rings. The molecule has 0 fully saturated rings. The van der Waals surface area contributed by atoms with Gasteiger partial charge in [0.25, 0.3) is 0 Å². The van der Waals surface area contributed by atoms with Crippen LogP contribution in [0.25, 0.3) is 0 Å². The molecule has 1 amide bonds. The molecule has 0 spiro atoms. The third-order valence-corrected chi connectivity index (χ3v) is 1.99. The standard InChI is InChI=1S/C8H5F3N2O3/c9-3-1-6-5(2-4(3)12)13(15)7(14)8(10,11)16-6/h1-2,15H,12H2. The Morgan fingerprint density at radius 2 is 2.06 bits per heavy atom. The van der Waals surface area contributed by atoms with Crippen molar-refractivity contribution in [2.45, 2.75) is 6.11 Å². The Balaban J connectivity index is 2.60. The quantitative estimate of drug-likeness (QED) is 0.521. The average molecular weight is 234 g/mol. The summed E-state index contributed by atoms with van der Waals surface area (Å²) in [5.74, 6) is -3.62. The van der Waals surface area contributed by atoms with E-state index in [4.69, 9.17) is 10.9 Å². The summed E-state index contributed by atoms with van der Waals surface area (Å²) in [6.45, 7) is 0. The molecule has 1 aromatic rings. The van der Waals surface area contributed by atoms with Crippen LogP contribution in [0.1, 0.15) is 0 Å². The van der Waals surface area contributed by atoms with Crippen molar-refractivity contribution in [2.75, 3.05) is 10.8 Å². The predicted octanol–water partition coefficient (Wildman–Crippen LogP) is 1.12. The van der Waals surface area contributed by atoms with E-state index >= 15 is 0 Å². The second-order valence-electron chi connectivity index (χ2n) is 3.08. The fourth-order valence-electron chi connectivity index (χ4n) is 1.22. The SMILES string of the molecule is Nc1cc2c(cc1F)OC(F)(F)C(=O)N2O. The van der Waals surface area contributed by atoms with Crippen molar-refractivity contribution < 1.29 is 27.9 Å². The van der Waals surface area contributed by atoms with E-state index in [1.165, 1.54) is 0 Å². The maximum atomic E-state index is 12.9. The van der Waals surface area contributed by atoms with Crippen LogP contribution < -0.4 is 15.5 Å². The summed E-state index contributed by atoms with van der Waals surface area (Å²) in [4.78, 5) is 10.9. The molecule has 0 atom stereocenters. The molecule has 5 nitrogen and oxygen atoms in total. The van der Waals surface area contributed by atoms with Crippen LogP contribution in [0.4, 0.5) is 24.5 Å². The molecule has 1 aliphatic heterocycles. The van der Waals surface area contributed by atoms with E-state index in [0.29, 0.717) is 6.07 Å². The predicted molar refractivity (Wildman–Crippen MR) is 45.7 cm³/mol. The lowest BCUT2D eigenvalue weighted by molar-refractivity contribution is -0.198. The number of carbonyl (C=O) groups is 1. The number of fused-ring (bicyclic) bond motifs is 1. The second kappa shape index (κ2) is 3.01. The molecule has 1 heterocycles. The number of nitrogens with zero attached hydrogens (tertiary/aromatic N) is 1. The van der Waals surface area contributed by atoms with Crippen LogP contribution in [0.3, 0.4) is 0 Å². The van der Waals surface area contributed by atoms with Gasteiger partial charge in [-0.05, 0) is 6.07 Å². The van der Waals surface area contributed by atoms with E-state index < -0.39 is 35.0 Å². The molecule has 0 saturated heterocycles. The van der Waals surface area contributed by atoms with Gasteiger partial charge < -0.3 is 10.5 Å². The zero-order chi connectivity index (χ0) is 12.1. The maximum absolute atomic E-state index is 12.9. The molecule has 2 rings (SSSR count). The first kappa shape index (κ1) is 10.6. The van der Waals surface area contributed by atoms with Crippen molar-refractivity contribution in [1.82, 2.24) is 0 Å². The molecule has 0 unspecified atom stereocenters. The van der Waals surface area contributed by atoms with E-state index in [-0.39, 0.29) is 5.06 Å². The lowest BCUT2D eigenvalue weighted by Crippen LogP contribution is -2.49. The van der Waals surface area contributed by atoms with Crippen LogP contribution in [-0.4, -0.2) is 17.2 Å². The number of anilines is 2. The van der Waals surface area contributed by atoms with Crippen LogP contribution in [0.15, 0.2) is 12.1 Å². The fourth-order valence-corrected chi connectivity index (χ4v) is 1.22. The Morgan fingerprint density at radius 3 is 2.69 bits per heavy atom. The van der Waals surface area contributed by atoms with Crippen molar-refractivity contribution in [3.05, 3.63) is 17.9 Å². The molecule has 0 aromatic heterocycles. The Labute approximate surface area is 86.8 Å². The van der Waals surface area contributed by atoms with Gasteiger partial charge in [0.15, 0.2) is 5.75 Å². The first-order valence-corrected chi connectivity index (χ1v) is 4.02. The highest BCUT2D eigenvalue weighted by Gasteiger charge is 2.51. The van der Waals surface area contributed by atoms with E-state index in [1.807, 2.05) is 0 Å². The van der Waals surface area contributed by atoms with Crippen LogP contribution in [-0.2, 0) is 4.79 Å². The number of nitrogen functional groups attached to an aromatic ring is 1. The topological polar surface area (TPSA) is 75.8 Å². The van der Waals surface area contributed by atoms with Crippen LogP contribution in [0, 0.1) is 5.82 Å². The minimum atomic E-state index is -4.23. The van der Waals surface area contributed by atoms with E-state index in [2.05, 4.69) is 4.74 Å². The Morgan fingerprint density at radius 1 is 1.44 bits per heavy atom. The van der Waals surface area contributed by atoms with Crippen LogP contribution in [0.5, 0.6) is 5.75 Å². The largest absolute Gasteiger partial charge is 0.485 e. The molecular weight excluding hydrogens is 229 g/mol. The molecule has 1 aromatic carbocycles. The zero-order valence-electron chi connectivity index (χ0n) is 7.58. The van der Waals surface area contributed by atoms with Crippen molar-refractivity contribution in [3.8, 4) is 5.75 Å². The number of hydroxylamine groups is 1. The molecule has 86 valence electrons. The van der Waals surface area contributed by atoms with Crippen LogP contribution in [0.2, 0.25) is 0 Å². The number of amides is 1. The maximum Gasteiger partial charge on any atom is 0.485 e. The Hall–Kier alpha value is -1.96. The number of ether oxygens (including phenoxy) is 1. The first-order chi connectivity index (χ1) is 7.33. The van der Waals surface area contributed by atoms with Gasteiger partial charge in [-0.15, -0.1) is 0 Å². The molecular formula is C8H5F3N2O3. The molecule has 8 heteroatoms. The van der Waals surface area contributed by atoms with Gasteiger partial charge in [-0.1, -0.05) is 0 Å². The lowest BCUT2D eigenvalue weighted by Gasteiger charge is -2.29. The summed E-state index contributed by atoms with van der Waals surface area (Å²) in [6, 6.07) is 1.38. The third kappa shape index (κ3) is 1.34. The summed E-state index contributed by atoms with van der Waals surface area (Å²) in [6.07, 6.45) is -4.23. The first-order valence-electron chi connectivity index (χ1n) is 4.02. The average Bonchev–Trinajstić information content (AvgIpc) is 2.18. The Kier molecular flexibility index (Phi) is 1.99. The number of carbonyl (C=O) groups excluding carboxylic acids is 1. The van der Waals surface area contributed by atoms with Gasteiger partial charge in [0, 0.05) is 6.07 Å². The number of rotatable bonds is 0. The van der Waals surface area contributed by atoms with E-state index in [9.17, 15) is 18.0 Å². The lowest BCUT2D eigenvalue weighted by atomic mass is 10.2. The van der Waals surface area contributed by atoms with Gasteiger partial charge in [0.1, 0.15) is 11.5 Å². The second-order valence-corrected chi connectivity index (χ2v) is 3.08. The molecule has 3 N–H and O–H groups in total. The molecule has 0 aliphatic carbocycles. The van der Waals surface area contributed by atoms with Crippen LogP contribution >= 0.6 is 0 Å². The smallest absolute Gasteiger partial charge is 0.423 e. The molecule has 0 bridgehead atoms. The van der Waals surface area contributed by atoms with Crippen molar-refractivity contribution in [1.29, 1.82) is 0 Å². The summed E-state index contributed by atoms with van der Waals surface area (Å²) >= 11 is 0. The van der Waals surface area contributed by atoms with Gasteiger partial charge >= 0.3 is 12.0 Å². The van der Waals surface area contributed by atoms with Gasteiger partial charge in [-0.3, -0.25) is 10.0 Å². The highest BCUT2D eigenvalue weighted by atomic mass is 19.3. The van der Waals surface area contributed by atoms with Gasteiger partial charge in [-0.2, -0.15) is 13.8 Å². The summed E-state index contributed by atoms with van der Waals surface area (Å²) in [5.41, 5.74) is 4.31. The zero-order valence-corrected chi connectivity index (χ0v) is 7.58. The normalized spacial score (nSPS) is 18.0. The number of halogens is 3. The summed E-state index contributed by atoms with van der Waals surface area (Å²) in [7, 11) is 0. The monoisotopic (exact) mass is 234 g/mol. The number of benzene rings is 1. The van der Waals surface area contributed by atoms with Crippen molar-refractivity contribution in [2.24, 2.45) is 0 Å². The fraction of sp³-hybridized carbons (Fsp3) is 0.125. The Bertz CT molecular complexity index is 478.